The molecule has 0 fully saturated rings. The molecular formula is C18H22N4O3S2. The molecule has 0 saturated heterocycles. The molecule has 0 aliphatic carbocycles. The second-order valence-electron chi connectivity index (χ2n) is 5.39. The Morgan fingerprint density at radius 3 is 2.44 bits per heavy atom. The lowest BCUT2D eigenvalue weighted by Gasteiger charge is -2.02. The van der Waals surface area contributed by atoms with E-state index in [0.717, 1.165) is 0 Å². The van der Waals surface area contributed by atoms with E-state index < -0.39 is 0 Å². The molecule has 144 valence electrons. The molecule has 1 N–H and O–H groups in total. The number of methoxy groups -OCH3 is 1. The first-order valence-corrected chi connectivity index (χ1v) is 9.77. The Morgan fingerprint density at radius 1 is 1.22 bits per heavy atom. The number of H-pyrrole nitrogens is 1. The minimum Gasteiger partial charge on any atom is -0.497 e. The van der Waals surface area contributed by atoms with E-state index in [0.29, 0.717) is 32.3 Å². The predicted molar refractivity (Wildman–Crippen MR) is 111 cm³/mol. The maximum atomic E-state index is 12.3. The van der Waals surface area contributed by atoms with Crippen molar-refractivity contribution in [1.29, 1.82) is 0 Å². The van der Waals surface area contributed by atoms with Gasteiger partial charge in [0.25, 0.3) is 0 Å². The van der Waals surface area contributed by atoms with E-state index in [1.165, 1.54) is 20.9 Å². The minimum atomic E-state index is -0.241. The van der Waals surface area contributed by atoms with Gasteiger partial charge in [0.05, 0.1) is 12.9 Å². The van der Waals surface area contributed by atoms with Gasteiger partial charge in [0.15, 0.2) is 16.6 Å². The van der Waals surface area contributed by atoms with Crippen molar-refractivity contribution in [1.82, 2.24) is 19.1 Å². The number of fused-ring (bicyclic) bond motifs is 1. The van der Waals surface area contributed by atoms with Crippen LogP contribution in [0.5, 0.6) is 5.75 Å². The van der Waals surface area contributed by atoms with Crippen molar-refractivity contribution in [3.05, 3.63) is 45.0 Å². The zero-order valence-corrected chi connectivity index (χ0v) is 17.5. The number of ketones is 1. The molecule has 0 aliphatic rings. The van der Waals surface area contributed by atoms with Crippen molar-refractivity contribution in [3.63, 3.8) is 0 Å². The Bertz CT molecular complexity index is 1070. The molecule has 2 heterocycles. The van der Waals surface area contributed by atoms with Crippen LogP contribution in [-0.2, 0) is 14.1 Å². The van der Waals surface area contributed by atoms with Crippen LogP contribution in [0.3, 0.4) is 0 Å². The highest BCUT2D eigenvalue weighted by molar-refractivity contribution is 7.99. The second-order valence-corrected chi connectivity index (χ2v) is 6.74. The maximum absolute atomic E-state index is 12.3. The fourth-order valence-electron chi connectivity index (χ4n) is 2.37. The highest BCUT2D eigenvalue weighted by Crippen LogP contribution is 2.21. The first-order valence-electron chi connectivity index (χ1n) is 8.38. The number of hydrogen-bond donors (Lipinski definition) is 1. The third-order valence-corrected chi connectivity index (χ3v) is 5.18. The molecule has 3 rings (SSSR count). The Balaban J connectivity index is 0.00000126. The van der Waals surface area contributed by atoms with Crippen LogP contribution in [-0.4, -0.2) is 37.7 Å². The Morgan fingerprint density at radius 2 is 1.85 bits per heavy atom. The number of imidazole rings is 1. The van der Waals surface area contributed by atoms with Crippen LogP contribution in [0.25, 0.3) is 11.2 Å². The van der Waals surface area contributed by atoms with E-state index in [1.54, 1.807) is 45.5 Å². The van der Waals surface area contributed by atoms with Gasteiger partial charge in [-0.15, -0.1) is 0 Å². The number of nitrogens with zero attached hydrogens (tertiary/aromatic N) is 3. The summed E-state index contributed by atoms with van der Waals surface area (Å²) in [6.07, 6.45) is 0. The topological polar surface area (TPSA) is 81.9 Å². The molecule has 27 heavy (non-hydrogen) atoms. The molecule has 2 aromatic heterocycles. The van der Waals surface area contributed by atoms with Crippen molar-refractivity contribution in [2.75, 3.05) is 12.9 Å². The molecule has 0 aliphatic heterocycles. The summed E-state index contributed by atoms with van der Waals surface area (Å²) in [5.74, 6) is 0.901. The van der Waals surface area contributed by atoms with Gasteiger partial charge in [-0.05, 0) is 24.3 Å². The van der Waals surface area contributed by atoms with Crippen LogP contribution < -0.4 is 10.4 Å². The summed E-state index contributed by atoms with van der Waals surface area (Å²) in [7, 11) is 4.83. The maximum Gasteiger partial charge on any atom is 0.330 e. The average Bonchev–Trinajstić information content (AvgIpc) is 3.15. The zero-order valence-electron chi connectivity index (χ0n) is 15.9. The summed E-state index contributed by atoms with van der Waals surface area (Å²) in [5.41, 5.74) is 1.45. The van der Waals surface area contributed by atoms with Crippen molar-refractivity contribution in [2.45, 2.75) is 19.0 Å². The number of ether oxygens (including phenoxy) is 1. The number of benzene rings is 1. The van der Waals surface area contributed by atoms with Crippen LogP contribution in [0.15, 0.2) is 34.2 Å². The van der Waals surface area contributed by atoms with Crippen molar-refractivity contribution in [2.24, 2.45) is 14.1 Å². The lowest BCUT2D eigenvalue weighted by atomic mass is 10.1. The van der Waals surface area contributed by atoms with Gasteiger partial charge in [-0.1, -0.05) is 37.8 Å². The van der Waals surface area contributed by atoms with Crippen LogP contribution in [0.4, 0.5) is 0 Å². The fourth-order valence-corrected chi connectivity index (χ4v) is 3.35. The molecule has 1 aromatic carbocycles. The van der Waals surface area contributed by atoms with E-state index in [9.17, 15) is 9.59 Å². The average molecular weight is 407 g/mol. The number of thioether (sulfide) groups is 1. The lowest BCUT2D eigenvalue weighted by Crippen LogP contribution is -2.27. The SMILES string of the molecule is CC.COc1ccc(C(=O)CSc2nc3c([nH]2)c(=S)n(C)c(=O)n3C)cc1. The third-order valence-electron chi connectivity index (χ3n) is 3.83. The summed E-state index contributed by atoms with van der Waals surface area (Å²) in [5, 5.41) is 0.546. The van der Waals surface area contributed by atoms with Crippen LogP contribution >= 0.6 is 24.0 Å². The zero-order chi connectivity index (χ0) is 20.1. The molecule has 0 bridgehead atoms. The van der Waals surface area contributed by atoms with E-state index >= 15 is 0 Å². The first-order chi connectivity index (χ1) is 12.9. The lowest BCUT2D eigenvalue weighted by molar-refractivity contribution is 0.102. The quantitative estimate of drug-likeness (QED) is 0.398. The van der Waals surface area contributed by atoms with Crippen LogP contribution in [0.2, 0.25) is 0 Å². The number of nitrogens with one attached hydrogen (secondary N) is 1. The standard InChI is InChI=1S/C16H16N4O3S2.C2H6/c1-19-13-12(14(24)20(2)16(19)22)17-15(18-13)25-8-11(21)9-4-6-10(23-3)7-5-9;1-2/h4-7H,8H2,1-3H3,(H,17,18);1-2H3. The van der Waals surface area contributed by atoms with Gasteiger partial charge in [-0.2, -0.15) is 0 Å². The molecule has 0 amide bonds. The van der Waals surface area contributed by atoms with Crippen molar-refractivity contribution >= 4 is 40.9 Å². The van der Waals surface area contributed by atoms with Gasteiger partial charge in [0.2, 0.25) is 0 Å². The largest absolute Gasteiger partial charge is 0.497 e. The molecule has 9 heteroatoms. The normalized spacial score (nSPS) is 10.4. The van der Waals surface area contributed by atoms with Gasteiger partial charge in [0.1, 0.15) is 15.9 Å². The van der Waals surface area contributed by atoms with Gasteiger partial charge >= 0.3 is 5.69 Å². The molecule has 0 saturated carbocycles. The Labute approximate surface area is 166 Å². The Kier molecular flexibility index (Phi) is 6.98. The summed E-state index contributed by atoms with van der Waals surface area (Å²) >= 11 is 6.55. The third kappa shape index (κ3) is 4.30. The highest BCUT2D eigenvalue weighted by Gasteiger charge is 2.13. The molecule has 3 aromatic rings. The summed E-state index contributed by atoms with van der Waals surface area (Å²) in [6.45, 7) is 4.00. The number of carbonyl (C=O) groups excluding carboxylic acids is 1. The molecular weight excluding hydrogens is 384 g/mol. The first kappa shape index (κ1) is 20.9. The Hall–Kier alpha value is -2.39. The minimum absolute atomic E-state index is 0.0221. The van der Waals surface area contributed by atoms with Gasteiger partial charge in [0, 0.05) is 19.7 Å². The highest BCUT2D eigenvalue weighted by atomic mass is 32.2. The van der Waals surface area contributed by atoms with E-state index in [-0.39, 0.29) is 17.2 Å². The van der Waals surface area contributed by atoms with Gasteiger partial charge in [-0.25, -0.2) is 9.78 Å². The number of hydrogen-bond acceptors (Lipinski definition) is 6. The fraction of sp³-hybridized carbons (Fsp3) is 0.333. The van der Waals surface area contributed by atoms with Crippen LogP contribution in [0, 0.1) is 4.64 Å². The van der Waals surface area contributed by atoms with Crippen molar-refractivity contribution in [3.8, 4) is 5.75 Å². The number of aryl methyl sites for hydroxylation is 1. The molecule has 0 atom stereocenters. The summed E-state index contributed by atoms with van der Waals surface area (Å²) in [6, 6.07) is 6.95. The number of aromatic nitrogens is 4. The number of aromatic amines is 1. The molecule has 7 nitrogen and oxygen atoms in total. The second kappa shape index (κ2) is 9.01. The van der Waals surface area contributed by atoms with E-state index in [2.05, 4.69) is 9.97 Å². The van der Waals surface area contributed by atoms with E-state index in [4.69, 9.17) is 17.0 Å². The smallest absolute Gasteiger partial charge is 0.330 e. The van der Waals surface area contributed by atoms with Gasteiger partial charge in [-0.3, -0.25) is 13.9 Å². The number of Topliss-reactive ketones (excluding diaryl/α,β-unsaturated/α-hetero) is 1. The predicted octanol–water partition coefficient (Wildman–Crippen LogP) is 3.34. The number of carbonyl (C=O) groups is 1. The van der Waals surface area contributed by atoms with E-state index in [1.807, 2.05) is 13.8 Å². The molecule has 0 spiro atoms. The summed E-state index contributed by atoms with van der Waals surface area (Å²) < 4.78 is 8.28. The van der Waals surface area contributed by atoms with Crippen molar-refractivity contribution < 1.29 is 9.53 Å². The summed E-state index contributed by atoms with van der Waals surface area (Å²) in [4.78, 5) is 31.8. The van der Waals surface area contributed by atoms with Crippen LogP contribution in [0.1, 0.15) is 24.2 Å². The molecule has 0 radical (unpaired) electrons. The van der Waals surface area contributed by atoms with Gasteiger partial charge < -0.3 is 9.72 Å². The number of rotatable bonds is 5. The molecule has 0 unspecified atom stereocenters. The monoisotopic (exact) mass is 406 g/mol.